The highest BCUT2D eigenvalue weighted by molar-refractivity contribution is 6.07. The van der Waals surface area contributed by atoms with E-state index in [1.807, 2.05) is 13.8 Å². The topological polar surface area (TPSA) is 26.0 Å². The lowest BCUT2D eigenvalue weighted by Gasteiger charge is -2.02. The van der Waals surface area contributed by atoms with Crippen LogP contribution in [0.1, 0.15) is 34.1 Å². The second kappa shape index (κ2) is 11.9. The average Bonchev–Trinajstić information content (AvgIpc) is 2.59. The van der Waals surface area contributed by atoms with Gasteiger partial charge in [-0.25, -0.2) is 0 Å². The first-order chi connectivity index (χ1) is 10.4. The molecule has 0 spiro atoms. The zero-order chi connectivity index (χ0) is 16.1. The average molecular weight is 283 g/mol. The third kappa shape index (κ3) is 5.57. The Hall–Kier alpha value is -1.86. The summed E-state index contributed by atoms with van der Waals surface area (Å²) in [5.74, 6) is 0. The van der Waals surface area contributed by atoms with Crippen molar-refractivity contribution < 1.29 is 0 Å². The van der Waals surface area contributed by atoms with Crippen molar-refractivity contribution in [3.63, 3.8) is 0 Å². The Bertz CT molecular complexity index is 559. The number of hydrogen-bond donors (Lipinski definition) is 1. The van der Waals surface area contributed by atoms with Gasteiger partial charge < -0.3 is 5.73 Å². The monoisotopic (exact) mass is 283 g/mol. The Balaban J connectivity index is 0.000000500. The Kier molecular flexibility index (Phi) is 10.9. The number of fused-ring (bicyclic) bond motifs is 3. The van der Waals surface area contributed by atoms with Crippen LogP contribution < -0.4 is 5.73 Å². The van der Waals surface area contributed by atoms with Crippen molar-refractivity contribution in [2.75, 3.05) is 7.05 Å². The van der Waals surface area contributed by atoms with Crippen molar-refractivity contribution in [2.45, 2.75) is 34.1 Å². The molecule has 0 radical (unpaired) electrons. The number of hydrogen-bond acceptors (Lipinski definition) is 1. The highest BCUT2D eigenvalue weighted by Gasteiger charge is 1.97. The molecule has 21 heavy (non-hydrogen) atoms. The molecule has 0 aromatic heterocycles. The van der Waals surface area contributed by atoms with Crippen LogP contribution in [0.25, 0.3) is 21.5 Å². The molecular weight excluding hydrogens is 254 g/mol. The van der Waals surface area contributed by atoms with Crippen LogP contribution in [0.2, 0.25) is 0 Å². The van der Waals surface area contributed by atoms with E-state index in [2.05, 4.69) is 80.2 Å². The molecule has 1 heteroatoms. The van der Waals surface area contributed by atoms with Gasteiger partial charge in [0.05, 0.1) is 0 Å². The molecule has 1 nitrogen and oxygen atoms in total. The van der Waals surface area contributed by atoms with Gasteiger partial charge in [-0.1, -0.05) is 94.8 Å². The normalized spacial score (nSPS) is 8.67. The summed E-state index contributed by atoms with van der Waals surface area (Å²) in [6.07, 6.45) is 1.25. The van der Waals surface area contributed by atoms with Crippen LogP contribution in [0.5, 0.6) is 0 Å². The van der Waals surface area contributed by atoms with Gasteiger partial charge in [0.15, 0.2) is 0 Å². The minimum atomic E-state index is 1.25. The Morgan fingerprint density at radius 3 is 1.24 bits per heavy atom. The fourth-order valence-corrected chi connectivity index (χ4v) is 1.95. The van der Waals surface area contributed by atoms with Gasteiger partial charge in [-0.2, -0.15) is 0 Å². The third-order valence-electron chi connectivity index (χ3n) is 2.65. The minimum Gasteiger partial charge on any atom is -0.333 e. The van der Waals surface area contributed by atoms with Gasteiger partial charge in [0.1, 0.15) is 0 Å². The first-order valence-corrected chi connectivity index (χ1v) is 7.81. The predicted molar refractivity (Wildman–Crippen MR) is 98.9 cm³/mol. The lowest BCUT2D eigenvalue weighted by Crippen LogP contribution is -1.75. The standard InChI is InChI=1S/C14H10.C3H8.C2H6.CH5N/c1-3-7-13-11(5-1)9-10-12-6-2-4-8-14(12)13;1-3-2;2*1-2/h1-10H;3H2,1-2H3;1-2H3;2H2,1H3. The van der Waals surface area contributed by atoms with Gasteiger partial charge in [-0.3, -0.25) is 0 Å². The van der Waals surface area contributed by atoms with E-state index in [0.717, 1.165) is 0 Å². The molecule has 0 saturated carbocycles. The molecule has 2 N–H and O–H groups in total. The van der Waals surface area contributed by atoms with Gasteiger partial charge in [-0.05, 0) is 28.6 Å². The molecule has 3 aromatic rings. The lowest BCUT2D eigenvalue weighted by atomic mass is 10.0. The summed E-state index contributed by atoms with van der Waals surface area (Å²) in [4.78, 5) is 0. The summed E-state index contributed by atoms with van der Waals surface area (Å²) >= 11 is 0. The van der Waals surface area contributed by atoms with Crippen molar-refractivity contribution in [1.82, 2.24) is 0 Å². The first-order valence-electron chi connectivity index (χ1n) is 7.81. The van der Waals surface area contributed by atoms with Crippen LogP contribution in [-0.4, -0.2) is 7.05 Å². The summed E-state index contributed by atoms with van der Waals surface area (Å²) < 4.78 is 0. The summed E-state index contributed by atoms with van der Waals surface area (Å²) in [5, 5.41) is 5.30. The molecule has 0 fully saturated rings. The van der Waals surface area contributed by atoms with E-state index in [1.165, 1.54) is 35.0 Å². The predicted octanol–water partition coefficient (Wildman–Crippen LogP) is 6.01. The maximum Gasteiger partial charge on any atom is -0.0105 e. The number of rotatable bonds is 0. The Labute approximate surface area is 129 Å². The summed E-state index contributed by atoms with van der Waals surface area (Å²) in [5.41, 5.74) is 4.50. The van der Waals surface area contributed by atoms with E-state index in [4.69, 9.17) is 0 Å². The van der Waals surface area contributed by atoms with Gasteiger partial charge >= 0.3 is 0 Å². The van der Waals surface area contributed by atoms with Crippen LogP contribution in [-0.2, 0) is 0 Å². The second-order valence-electron chi connectivity index (χ2n) is 4.21. The van der Waals surface area contributed by atoms with Crippen LogP contribution in [0.3, 0.4) is 0 Å². The van der Waals surface area contributed by atoms with E-state index in [1.54, 1.807) is 0 Å². The zero-order valence-electron chi connectivity index (χ0n) is 14.1. The highest BCUT2D eigenvalue weighted by atomic mass is 14.4. The van der Waals surface area contributed by atoms with Crippen molar-refractivity contribution in [3.05, 3.63) is 60.7 Å². The van der Waals surface area contributed by atoms with E-state index in [-0.39, 0.29) is 0 Å². The van der Waals surface area contributed by atoms with Crippen molar-refractivity contribution in [1.29, 1.82) is 0 Å². The van der Waals surface area contributed by atoms with Crippen molar-refractivity contribution in [2.24, 2.45) is 5.73 Å². The Morgan fingerprint density at radius 2 is 0.905 bits per heavy atom. The molecule has 3 aromatic carbocycles. The maximum absolute atomic E-state index is 4.50. The highest BCUT2D eigenvalue weighted by Crippen LogP contribution is 2.24. The Morgan fingerprint density at radius 1 is 0.619 bits per heavy atom. The molecule has 0 amide bonds. The first kappa shape index (κ1) is 19.1. The van der Waals surface area contributed by atoms with Gasteiger partial charge in [-0.15, -0.1) is 0 Å². The quantitative estimate of drug-likeness (QED) is 0.502. The SMILES string of the molecule is CC.CCC.CN.c1ccc2c(c1)ccc1ccccc12. The molecule has 0 aliphatic carbocycles. The van der Waals surface area contributed by atoms with Gasteiger partial charge in [0.2, 0.25) is 0 Å². The molecule has 0 atom stereocenters. The molecule has 0 saturated heterocycles. The molecule has 3 rings (SSSR count). The van der Waals surface area contributed by atoms with Gasteiger partial charge in [0.25, 0.3) is 0 Å². The van der Waals surface area contributed by atoms with Crippen LogP contribution in [0.4, 0.5) is 0 Å². The molecule has 0 aliphatic heterocycles. The van der Waals surface area contributed by atoms with Crippen LogP contribution in [0.15, 0.2) is 60.7 Å². The summed E-state index contributed by atoms with van der Waals surface area (Å²) in [7, 11) is 1.50. The molecule has 0 aliphatic rings. The molecular formula is C20H29N. The minimum absolute atomic E-state index is 1.25. The van der Waals surface area contributed by atoms with E-state index >= 15 is 0 Å². The molecule has 114 valence electrons. The lowest BCUT2D eigenvalue weighted by molar-refractivity contribution is 1.09. The molecule has 0 heterocycles. The fraction of sp³-hybridized carbons (Fsp3) is 0.300. The number of nitrogens with two attached hydrogens (primary N) is 1. The van der Waals surface area contributed by atoms with Crippen LogP contribution >= 0.6 is 0 Å². The maximum atomic E-state index is 4.50. The van der Waals surface area contributed by atoms with E-state index in [0.29, 0.717) is 0 Å². The fourth-order valence-electron chi connectivity index (χ4n) is 1.95. The second-order valence-corrected chi connectivity index (χ2v) is 4.21. The number of benzene rings is 3. The van der Waals surface area contributed by atoms with Gasteiger partial charge in [0, 0.05) is 0 Å². The smallest absolute Gasteiger partial charge is 0.0105 e. The molecule has 0 bridgehead atoms. The summed E-state index contributed by atoms with van der Waals surface area (Å²) in [6, 6.07) is 21.4. The summed E-state index contributed by atoms with van der Waals surface area (Å²) in [6.45, 7) is 8.25. The van der Waals surface area contributed by atoms with Crippen LogP contribution in [0, 0.1) is 0 Å². The van der Waals surface area contributed by atoms with E-state index in [9.17, 15) is 0 Å². The zero-order valence-corrected chi connectivity index (χ0v) is 14.1. The molecule has 0 unspecified atom stereocenters. The van der Waals surface area contributed by atoms with E-state index < -0.39 is 0 Å². The van der Waals surface area contributed by atoms with Crippen molar-refractivity contribution in [3.8, 4) is 0 Å². The van der Waals surface area contributed by atoms with Crippen molar-refractivity contribution >= 4 is 21.5 Å². The third-order valence-corrected chi connectivity index (χ3v) is 2.65. The largest absolute Gasteiger partial charge is 0.333 e.